The number of carbonyl (C=O) groups is 3. The van der Waals surface area contributed by atoms with Gasteiger partial charge in [-0.3, -0.25) is 19.3 Å². The number of nitrogens with two attached hydrogens (primary N) is 1. The van der Waals surface area contributed by atoms with Crippen molar-refractivity contribution in [2.45, 2.75) is 17.7 Å². The van der Waals surface area contributed by atoms with Crippen molar-refractivity contribution in [2.24, 2.45) is 17.6 Å². The number of benzene rings is 1. The summed E-state index contributed by atoms with van der Waals surface area (Å²) in [5.41, 5.74) is 1.16. The Hall–Kier alpha value is -3.18. The maximum Gasteiger partial charge on any atom is 0.255 e. The van der Waals surface area contributed by atoms with Crippen LogP contribution in [-0.2, 0) is 14.4 Å². The summed E-state index contributed by atoms with van der Waals surface area (Å²) in [4.78, 5) is 39.8. The van der Waals surface area contributed by atoms with Gasteiger partial charge in [0, 0.05) is 5.92 Å². The molecule has 1 aromatic rings. The molecule has 0 aliphatic heterocycles. The number of nitrogens with zero attached hydrogens (tertiary/aromatic N) is 1. The average molecular weight is 479 g/mol. The molecule has 0 aromatic heterocycles. The SMILES string of the molecule is C=C1c2cccc(O)c2C(O)=C2C(=O)[C@]3(O)C(O)=C(C(N)=O)C(=O)C(N(C)C)[C@@H]3[C@@H](O)[C@H]12.Cl. The number of aromatic hydroxyl groups is 1. The lowest BCUT2D eigenvalue weighted by Gasteiger charge is -2.52. The second-order valence-electron chi connectivity index (χ2n) is 8.44. The van der Waals surface area contributed by atoms with Crippen LogP contribution in [0.15, 0.2) is 41.7 Å². The molecule has 1 aromatic carbocycles. The highest BCUT2D eigenvalue weighted by Crippen LogP contribution is 2.55. The van der Waals surface area contributed by atoms with Crippen LogP contribution in [0, 0.1) is 11.8 Å². The van der Waals surface area contributed by atoms with Crippen molar-refractivity contribution in [3.05, 3.63) is 52.8 Å². The topological polar surface area (TPSA) is 182 Å². The molecule has 1 saturated carbocycles. The Morgan fingerprint density at radius 2 is 1.79 bits per heavy atom. The summed E-state index contributed by atoms with van der Waals surface area (Å²) in [6.45, 7) is 3.91. The molecule has 0 saturated heterocycles. The maximum atomic E-state index is 13.6. The van der Waals surface area contributed by atoms with Gasteiger partial charge in [-0.2, -0.15) is 0 Å². The Morgan fingerprint density at radius 3 is 2.33 bits per heavy atom. The summed E-state index contributed by atoms with van der Waals surface area (Å²) in [7, 11) is 2.88. The van der Waals surface area contributed by atoms with Crippen LogP contribution in [0.1, 0.15) is 11.1 Å². The van der Waals surface area contributed by atoms with Crippen LogP contribution in [0.3, 0.4) is 0 Å². The number of primary amides is 1. The van der Waals surface area contributed by atoms with Crippen molar-refractivity contribution in [3.63, 3.8) is 0 Å². The molecule has 0 radical (unpaired) electrons. The highest BCUT2D eigenvalue weighted by molar-refractivity contribution is 6.25. The monoisotopic (exact) mass is 478 g/mol. The minimum absolute atomic E-state index is 0. The molecule has 7 N–H and O–H groups in total. The van der Waals surface area contributed by atoms with E-state index in [2.05, 4.69) is 6.58 Å². The zero-order valence-electron chi connectivity index (χ0n) is 17.6. The number of hydrogen-bond acceptors (Lipinski definition) is 9. The smallest absolute Gasteiger partial charge is 0.255 e. The number of ketones is 2. The predicted molar refractivity (Wildman–Crippen MR) is 118 cm³/mol. The van der Waals surface area contributed by atoms with E-state index in [4.69, 9.17) is 5.73 Å². The number of amides is 1. The summed E-state index contributed by atoms with van der Waals surface area (Å²) >= 11 is 0. The molecule has 0 bridgehead atoms. The summed E-state index contributed by atoms with van der Waals surface area (Å²) in [5, 5.41) is 54.7. The van der Waals surface area contributed by atoms with Gasteiger partial charge in [0.1, 0.15) is 22.8 Å². The number of rotatable bonds is 2. The zero-order chi connectivity index (χ0) is 23.9. The van der Waals surface area contributed by atoms with E-state index >= 15 is 0 Å². The normalized spacial score (nSPS) is 31.1. The molecule has 11 heteroatoms. The van der Waals surface area contributed by atoms with E-state index in [1.165, 1.54) is 37.2 Å². The van der Waals surface area contributed by atoms with Crippen LogP contribution < -0.4 is 5.73 Å². The van der Waals surface area contributed by atoms with E-state index in [0.29, 0.717) is 0 Å². The molecule has 1 amide bonds. The fourth-order valence-electron chi connectivity index (χ4n) is 5.21. The number of phenols is 1. The van der Waals surface area contributed by atoms with Gasteiger partial charge in [-0.05, 0) is 31.3 Å². The van der Waals surface area contributed by atoms with Crippen LogP contribution in [0.2, 0.25) is 0 Å². The number of aliphatic hydroxyl groups is 4. The zero-order valence-corrected chi connectivity index (χ0v) is 18.5. The number of phenolic OH excluding ortho intramolecular Hbond substituents is 1. The lowest BCUT2D eigenvalue weighted by Crippen LogP contribution is -2.70. The minimum atomic E-state index is -2.94. The second-order valence-corrected chi connectivity index (χ2v) is 8.44. The fraction of sp³-hybridized carbons (Fsp3) is 0.318. The minimum Gasteiger partial charge on any atom is -0.508 e. The van der Waals surface area contributed by atoms with Gasteiger partial charge < -0.3 is 31.3 Å². The first-order valence-electron chi connectivity index (χ1n) is 9.71. The fourth-order valence-corrected chi connectivity index (χ4v) is 5.21. The third kappa shape index (κ3) is 2.88. The van der Waals surface area contributed by atoms with Crippen molar-refractivity contribution in [1.29, 1.82) is 0 Å². The molecule has 176 valence electrons. The Balaban J connectivity index is 0.00000306. The summed E-state index contributed by atoms with van der Waals surface area (Å²) in [5.74, 6) is -8.78. The third-order valence-corrected chi connectivity index (χ3v) is 6.61. The predicted octanol–water partition coefficient (Wildman–Crippen LogP) is -0.173. The quantitative estimate of drug-likeness (QED) is 0.314. The van der Waals surface area contributed by atoms with Gasteiger partial charge in [-0.15, -0.1) is 12.4 Å². The highest BCUT2D eigenvalue weighted by atomic mass is 35.5. The molecule has 1 fully saturated rings. The van der Waals surface area contributed by atoms with Crippen LogP contribution in [0.4, 0.5) is 0 Å². The highest BCUT2D eigenvalue weighted by Gasteiger charge is 2.68. The van der Waals surface area contributed by atoms with Gasteiger partial charge in [-0.25, -0.2) is 0 Å². The first-order chi connectivity index (χ1) is 14.9. The van der Waals surface area contributed by atoms with E-state index in [1.807, 2.05) is 0 Å². The number of likely N-dealkylation sites (N-methyl/N-ethyl adjacent to an activating group) is 1. The van der Waals surface area contributed by atoms with Gasteiger partial charge >= 0.3 is 0 Å². The summed E-state index contributed by atoms with van der Waals surface area (Å²) < 4.78 is 0. The van der Waals surface area contributed by atoms with Crippen molar-refractivity contribution in [1.82, 2.24) is 4.90 Å². The number of Topliss-reactive ketones (excluding diaryl/α,β-unsaturated/α-hetero) is 2. The van der Waals surface area contributed by atoms with Crippen LogP contribution >= 0.6 is 12.4 Å². The van der Waals surface area contributed by atoms with E-state index in [1.54, 1.807) is 0 Å². The van der Waals surface area contributed by atoms with E-state index in [-0.39, 0.29) is 34.9 Å². The molecule has 10 nitrogen and oxygen atoms in total. The molecule has 3 aliphatic carbocycles. The van der Waals surface area contributed by atoms with Crippen LogP contribution in [0.25, 0.3) is 11.3 Å². The van der Waals surface area contributed by atoms with Gasteiger partial charge in [0.2, 0.25) is 5.78 Å². The van der Waals surface area contributed by atoms with Gasteiger partial charge in [0.05, 0.1) is 29.2 Å². The van der Waals surface area contributed by atoms with Crippen molar-refractivity contribution in [3.8, 4) is 5.75 Å². The van der Waals surface area contributed by atoms with Gasteiger partial charge in [0.25, 0.3) is 5.91 Å². The first kappa shape index (κ1) is 24.5. The molecule has 3 aliphatic rings. The second kappa shape index (κ2) is 7.70. The Bertz CT molecular complexity index is 1190. The van der Waals surface area contributed by atoms with Gasteiger partial charge in [-0.1, -0.05) is 18.7 Å². The Labute approximate surface area is 194 Å². The lowest BCUT2D eigenvalue weighted by atomic mass is 9.55. The molecule has 4 rings (SSSR count). The van der Waals surface area contributed by atoms with E-state index in [0.717, 1.165) is 0 Å². The standard InChI is InChI=1S/C22H22N2O8.ClH/c1-7-8-5-4-6-9(25)11(8)16(26)12-10(7)17(27)14-15(24(2)3)18(28)13(21(23)31)20(30)22(14,32)19(12)29;/h4-6,10,14-15,17,25-27,30,32H,1H2,2-3H3,(H2,23,31);1H/t10-,14-,15?,17+,22+;/m1./s1. The first-order valence-corrected chi connectivity index (χ1v) is 9.71. The number of aliphatic hydroxyl groups excluding tert-OH is 3. The van der Waals surface area contributed by atoms with Crippen LogP contribution in [0.5, 0.6) is 5.75 Å². The van der Waals surface area contributed by atoms with Crippen molar-refractivity contribution >= 4 is 41.2 Å². The molecule has 1 unspecified atom stereocenters. The summed E-state index contributed by atoms with van der Waals surface area (Å²) in [6, 6.07) is 2.89. The lowest BCUT2D eigenvalue weighted by molar-refractivity contribution is -0.166. The molecule has 5 atom stereocenters. The van der Waals surface area contributed by atoms with Crippen LogP contribution in [-0.4, -0.2) is 79.7 Å². The van der Waals surface area contributed by atoms with Crippen molar-refractivity contribution in [2.75, 3.05) is 14.1 Å². The molecule has 0 spiro atoms. The largest absolute Gasteiger partial charge is 0.508 e. The van der Waals surface area contributed by atoms with Gasteiger partial charge in [0.15, 0.2) is 11.4 Å². The molecular weight excluding hydrogens is 456 g/mol. The summed E-state index contributed by atoms with van der Waals surface area (Å²) in [6.07, 6.45) is -1.69. The maximum absolute atomic E-state index is 13.6. The van der Waals surface area contributed by atoms with E-state index in [9.17, 15) is 39.9 Å². The Morgan fingerprint density at radius 1 is 1.18 bits per heavy atom. The third-order valence-electron chi connectivity index (χ3n) is 6.61. The molecular formula is C22H23ClN2O8. The molecule has 0 heterocycles. The average Bonchev–Trinajstić information content (AvgIpc) is 2.70. The Kier molecular flexibility index (Phi) is 5.71. The number of fused-ring (bicyclic) bond motifs is 3. The van der Waals surface area contributed by atoms with E-state index < -0.39 is 69.7 Å². The van der Waals surface area contributed by atoms with Crippen molar-refractivity contribution < 1.29 is 39.9 Å². The number of halogens is 1. The number of hydrogen-bond donors (Lipinski definition) is 6. The molecule has 33 heavy (non-hydrogen) atoms. The number of carbonyl (C=O) groups excluding carboxylic acids is 3.